The Morgan fingerprint density at radius 1 is 1.36 bits per heavy atom. The van der Waals surface area contributed by atoms with E-state index in [1.165, 1.54) is 0 Å². The molecule has 0 atom stereocenters. The molecular formula is C10H6BrClO2. The van der Waals surface area contributed by atoms with Gasteiger partial charge in [0.05, 0.1) is 10.4 Å². The van der Waals surface area contributed by atoms with Crippen molar-refractivity contribution in [3.8, 4) is 23.3 Å². The van der Waals surface area contributed by atoms with Crippen LogP contribution in [0.4, 0.5) is 0 Å². The maximum atomic E-state index is 5.99. The van der Waals surface area contributed by atoms with Crippen molar-refractivity contribution in [3.05, 3.63) is 22.7 Å². The number of rotatable bonds is 0. The lowest BCUT2D eigenvalue weighted by Crippen LogP contribution is -1.92. The second-order valence-electron chi connectivity index (χ2n) is 2.62. The van der Waals surface area contributed by atoms with Gasteiger partial charge in [0.1, 0.15) is 0 Å². The molecular weight excluding hydrogens is 267 g/mol. The number of hydrogen-bond donors (Lipinski definition) is 0. The van der Waals surface area contributed by atoms with Gasteiger partial charge in [0.15, 0.2) is 11.5 Å². The minimum absolute atomic E-state index is 0.251. The van der Waals surface area contributed by atoms with Crippen LogP contribution >= 0.6 is 27.5 Å². The molecule has 0 saturated heterocycles. The van der Waals surface area contributed by atoms with Crippen molar-refractivity contribution in [2.24, 2.45) is 0 Å². The Morgan fingerprint density at radius 3 is 2.79 bits per heavy atom. The van der Waals surface area contributed by atoms with E-state index in [9.17, 15) is 0 Å². The molecule has 0 aliphatic carbocycles. The first kappa shape index (κ1) is 9.70. The quantitative estimate of drug-likeness (QED) is 0.534. The van der Waals surface area contributed by atoms with Crippen LogP contribution in [0.1, 0.15) is 5.56 Å². The Morgan fingerprint density at radius 2 is 2.07 bits per heavy atom. The largest absolute Gasteiger partial charge is 0.454 e. The van der Waals surface area contributed by atoms with Crippen molar-refractivity contribution in [1.29, 1.82) is 0 Å². The fraction of sp³-hybridized carbons (Fsp3) is 0.200. The van der Waals surface area contributed by atoms with Crippen molar-refractivity contribution in [2.75, 3.05) is 12.1 Å². The van der Waals surface area contributed by atoms with Gasteiger partial charge in [-0.25, -0.2) is 0 Å². The molecule has 2 rings (SSSR count). The summed E-state index contributed by atoms with van der Waals surface area (Å²) in [7, 11) is 0. The summed E-state index contributed by atoms with van der Waals surface area (Å²) in [5.41, 5.74) is 0.760. The predicted molar refractivity (Wildman–Crippen MR) is 58.2 cm³/mol. The summed E-state index contributed by atoms with van der Waals surface area (Å²) >= 11 is 9.21. The zero-order valence-corrected chi connectivity index (χ0v) is 9.48. The SMILES string of the molecule is Clc1cc2c(cc1C#CCBr)OCO2. The molecule has 1 aliphatic heterocycles. The highest BCUT2D eigenvalue weighted by atomic mass is 79.9. The molecule has 0 N–H and O–H groups in total. The zero-order valence-electron chi connectivity index (χ0n) is 7.14. The van der Waals surface area contributed by atoms with E-state index < -0.39 is 0 Å². The van der Waals surface area contributed by atoms with Crippen LogP contribution in [0.5, 0.6) is 11.5 Å². The van der Waals surface area contributed by atoms with Crippen LogP contribution in [0.3, 0.4) is 0 Å². The molecule has 0 aromatic heterocycles. The molecule has 0 bridgehead atoms. The summed E-state index contributed by atoms with van der Waals surface area (Å²) < 4.78 is 10.4. The van der Waals surface area contributed by atoms with Gasteiger partial charge < -0.3 is 9.47 Å². The summed E-state index contributed by atoms with van der Waals surface area (Å²) in [6.45, 7) is 0.251. The first-order chi connectivity index (χ1) is 6.81. The van der Waals surface area contributed by atoms with E-state index in [1.54, 1.807) is 12.1 Å². The summed E-state index contributed by atoms with van der Waals surface area (Å²) in [5, 5.41) is 1.21. The highest BCUT2D eigenvalue weighted by Gasteiger charge is 2.15. The highest BCUT2D eigenvalue weighted by Crippen LogP contribution is 2.36. The van der Waals surface area contributed by atoms with Crippen LogP contribution in [0, 0.1) is 11.8 Å². The molecule has 0 saturated carbocycles. The van der Waals surface area contributed by atoms with Crippen LogP contribution < -0.4 is 9.47 Å². The molecule has 0 radical (unpaired) electrons. The van der Waals surface area contributed by atoms with Gasteiger partial charge in [-0.05, 0) is 0 Å². The molecule has 0 spiro atoms. The normalized spacial score (nSPS) is 12.1. The Labute approximate surface area is 95.3 Å². The van der Waals surface area contributed by atoms with E-state index >= 15 is 0 Å². The third kappa shape index (κ3) is 1.82. The van der Waals surface area contributed by atoms with Gasteiger partial charge in [0.25, 0.3) is 0 Å². The fourth-order valence-corrected chi connectivity index (χ4v) is 1.48. The second-order valence-corrected chi connectivity index (χ2v) is 3.59. The van der Waals surface area contributed by atoms with Gasteiger partial charge in [-0.1, -0.05) is 39.4 Å². The number of halogens is 2. The third-order valence-electron chi connectivity index (χ3n) is 1.75. The lowest BCUT2D eigenvalue weighted by molar-refractivity contribution is 0.174. The van der Waals surface area contributed by atoms with Crippen molar-refractivity contribution < 1.29 is 9.47 Å². The highest BCUT2D eigenvalue weighted by molar-refractivity contribution is 9.09. The molecule has 1 aromatic rings. The Bertz CT molecular complexity index is 420. The van der Waals surface area contributed by atoms with E-state index in [1.807, 2.05) is 0 Å². The average molecular weight is 274 g/mol. The third-order valence-corrected chi connectivity index (χ3v) is 2.35. The molecule has 72 valence electrons. The standard InChI is InChI=1S/C10H6BrClO2/c11-3-1-2-7-4-9-10(5-8(7)12)14-6-13-9/h4-5H,3,6H2. The summed E-state index contributed by atoms with van der Waals surface area (Å²) in [6.07, 6.45) is 0. The number of hydrogen-bond acceptors (Lipinski definition) is 2. The predicted octanol–water partition coefficient (Wildman–Crippen LogP) is 2.82. The van der Waals surface area contributed by atoms with Crippen molar-refractivity contribution >= 4 is 27.5 Å². The summed E-state index contributed by atoms with van der Waals surface area (Å²) in [4.78, 5) is 0. The van der Waals surface area contributed by atoms with E-state index in [0.29, 0.717) is 21.9 Å². The van der Waals surface area contributed by atoms with Crippen LogP contribution in [-0.4, -0.2) is 12.1 Å². The van der Waals surface area contributed by atoms with Gasteiger partial charge in [0.2, 0.25) is 6.79 Å². The molecule has 1 aromatic carbocycles. The van der Waals surface area contributed by atoms with Crippen LogP contribution in [0.25, 0.3) is 0 Å². The topological polar surface area (TPSA) is 18.5 Å². The van der Waals surface area contributed by atoms with Gasteiger partial charge >= 0.3 is 0 Å². The Balaban J connectivity index is 2.42. The number of fused-ring (bicyclic) bond motifs is 1. The Kier molecular flexibility index (Phi) is 2.85. The fourth-order valence-electron chi connectivity index (χ4n) is 1.14. The maximum absolute atomic E-state index is 5.99. The smallest absolute Gasteiger partial charge is 0.231 e. The minimum Gasteiger partial charge on any atom is -0.454 e. The van der Waals surface area contributed by atoms with Gasteiger partial charge in [-0.3, -0.25) is 0 Å². The average Bonchev–Trinajstić information content (AvgIpc) is 2.61. The van der Waals surface area contributed by atoms with Gasteiger partial charge in [0, 0.05) is 17.7 Å². The number of benzene rings is 1. The summed E-state index contributed by atoms with van der Waals surface area (Å²) in [6, 6.07) is 3.52. The molecule has 0 fully saturated rings. The number of ether oxygens (including phenoxy) is 2. The molecule has 4 heteroatoms. The van der Waals surface area contributed by atoms with Gasteiger partial charge in [-0.2, -0.15) is 0 Å². The zero-order chi connectivity index (χ0) is 9.97. The van der Waals surface area contributed by atoms with E-state index in [-0.39, 0.29) is 6.79 Å². The lowest BCUT2D eigenvalue weighted by atomic mass is 10.2. The van der Waals surface area contributed by atoms with E-state index in [2.05, 4.69) is 27.8 Å². The van der Waals surface area contributed by atoms with Crippen molar-refractivity contribution in [1.82, 2.24) is 0 Å². The molecule has 1 aliphatic rings. The summed E-state index contributed by atoms with van der Waals surface area (Å²) in [5.74, 6) is 7.19. The molecule has 1 heterocycles. The van der Waals surface area contributed by atoms with Crippen molar-refractivity contribution in [3.63, 3.8) is 0 Å². The maximum Gasteiger partial charge on any atom is 0.231 e. The molecule has 14 heavy (non-hydrogen) atoms. The van der Waals surface area contributed by atoms with E-state index in [4.69, 9.17) is 21.1 Å². The monoisotopic (exact) mass is 272 g/mol. The number of alkyl halides is 1. The van der Waals surface area contributed by atoms with E-state index in [0.717, 1.165) is 5.56 Å². The molecule has 0 amide bonds. The van der Waals surface area contributed by atoms with Crippen LogP contribution in [0.15, 0.2) is 12.1 Å². The first-order valence-electron chi connectivity index (χ1n) is 3.95. The minimum atomic E-state index is 0.251. The van der Waals surface area contributed by atoms with Crippen LogP contribution in [0.2, 0.25) is 5.02 Å². The van der Waals surface area contributed by atoms with Crippen molar-refractivity contribution in [2.45, 2.75) is 0 Å². The lowest BCUT2D eigenvalue weighted by Gasteiger charge is -1.98. The second kappa shape index (κ2) is 4.12. The van der Waals surface area contributed by atoms with Crippen LogP contribution in [-0.2, 0) is 0 Å². The first-order valence-corrected chi connectivity index (χ1v) is 5.45. The molecule has 0 unspecified atom stereocenters. The van der Waals surface area contributed by atoms with Gasteiger partial charge in [-0.15, -0.1) is 0 Å². The molecule has 2 nitrogen and oxygen atoms in total. The Hall–Kier alpha value is -0.850.